The molecule has 4 heterocycles. The molecule has 0 N–H and O–H groups in total. The maximum Gasteiger partial charge on any atom is 0.235 e. The van der Waals surface area contributed by atoms with E-state index in [-0.39, 0.29) is 0 Å². The Labute approximate surface area is 288 Å². The van der Waals surface area contributed by atoms with Gasteiger partial charge in [0.2, 0.25) is 5.95 Å². The minimum atomic E-state index is 0.603. The van der Waals surface area contributed by atoms with Gasteiger partial charge in [-0.2, -0.15) is 0 Å². The van der Waals surface area contributed by atoms with Gasteiger partial charge in [-0.15, -0.1) is 0 Å². The summed E-state index contributed by atoms with van der Waals surface area (Å²) < 4.78 is 4.51. The van der Waals surface area contributed by atoms with E-state index in [4.69, 9.17) is 15.0 Å². The first-order valence-corrected chi connectivity index (χ1v) is 16.8. The third-order valence-corrected chi connectivity index (χ3v) is 9.56. The lowest BCUT2D eigenvalue weighted by Gasteiger charge is -2.14. The quantitative estimate of drug-likeness (QED) is 0.188. The lowest BCUT2D eigenvalue weighted by Crippen LogP contribution is -2.05. The number of nitrogens with zero attached hydrogens (tertiary/aromatic N) is 5. The van der Waals surface area contributed by atoms with Gasteiger partial charge >= 0.3 is 0 Å². The molecule has 10 aromatic rings. The first-order chi connectivity index (χ1) is 24.8. The molecular formula is C45H29N5. The molecule has 10 rings (SSSR count). The first-order valence-electron chi connectivity index (χ1n) is 16.8. The molecule has 5 heteroatoms. The standard InChI is InChI=1S/C45H29N5/c1-4-14-30(15-5-1)33-28-39(31-16-6-2-7-17-31)46-40(29-33)42-37-21-10-12-22-38(37)47-45(48-42)50-41-23-13-11-20-35(41)36-25-24-32-26-27-49(43(32)44(36)50)34-18-8-3-9-19-34/h1-29H. The van der Waals surface area contributed by atoms with Crippen molar-refractivity contribution in [1.82, 2.24) is 24.1 Å². The van der Waals surface area contributed by atoms with Crippen molar-refractivity contribution >= 4 is 43.6 Å². The van der Waals surface area contributed by atoms with E-state index in [1.54, 1.807) is 0 Å². The van der Waals surface area contributed by atoms with E-state index < -0.39 is 0 Å². The Hall–Kier alpha value is -6.85. The number of rotatable bonds is 5. The maximum absolute atomic E-state index is 5.46. The average molecular weight is 640 g/mol. The molecule has 0 spiro atoms. The molecule has 234 valence electrons. The summed E-state index contributed by atoms with van der Waals surface area (Å²) in [6.07, 6.45) is 2.15. The Morgan fingerprint density at radius 1 is 0.420 bits per heavy atom. The number of fused-ring (bicyclic) bond motifs is 6. The molecule has 0 aliphatic heterocycles. The largest absolute Gasteiger partial charge is 0.315 e. The predicted molar refractivity (Wildman–Crippen MR) is 205 cm³/mol. The highest BCUT2D eigenvalue weighted by molar-refractivity contribution is 6.18. The minimum absolute atomic E-state index is 0.603. The van der Waals surface area contributed by atoms with Gasteiger partial charge in [0.15, 0.2) is 0 Å². The van der Waals surface area contributed by atoms with Gasteiger partial charge in [-0.3, -0.25) is 4.57 Å². The van der Waals surface area contributed by atoms with Crippen molar-refractivity contribution in [3.05, 3.63) is 176 Å². The Kier molecular flexibility index (Phi) is 6.42. The van der Waals surface area contributed by atoms with E-state index >= 15 is 0 Å². The van der Waals surface area contributed by atoms with Crippen molar-refractivity contribution in [2.75, 3.05) is 0 Å². The van der Waals surface area contributed by atoms with Gasteiger partial charge in [-0.1, -0.05) is 127 Å². The van der Waals surface area contributed by atoms with Gasteiger partial charge < -0.3 is 4.57 Å². The molecule has 6 aromatic carbocycles. The van der Waals surface area contributed by atoms with Gasteiger partial charge in [0.05, 0.1) is 33.5 Å². The summed E-state index contributed by atoms with van der Waals surface area (Å²) in [5, 5.41) is 4.40. The number of hydrogen-bond acceptors (Lipinski definition) is 3. The van der Waals surface area contributed by atoms with Crippen LogP contribution in [0.4, 0.5) is 0 Å². The molecule has 0 amide bonds. The second-order valence-electron chi connectivity index (χ2n) is 12.5. The van der Waals surface area contributed by atoms with Crippen LogP contribution in [-0.4, -0.2) is 24.1 Å². The first kappa shape index (κ1) is 28.2. The zero-order chi connectivity index (χ0) is 33.0. The Bertz CT molecular complexity index is 2800. The number of benzene rings is 6. The Morgan fingerprint density at radius 2 is 1.08 bits per heavy atom. The van der Waals surface area contributed by atoms with Gasteiger partial charge in [0.25, 0.3) is 0 Å². The van der Waals surface area contributed by atoms with Crippen LogP contribution < -0.4 is 0 Å². The molecular weight excluding hydrogens is 611 g/mol. The predicted octanol–water partition coefficient (Wildman–Crippen LogP) is 11.1. The van der Waals surface area contributed by atoms with E-state index in [0.29, 0.717) is 5.95 Å². The molecule has 0 aliphatic carbocycles. The molecule has 0 unspecified atom stereocenters. The number of aromatic nitrogens is 5. The highest BCUT2D eigenvalue weighted by Crippen LogP contribution is 2.39. The maximum atomic E-state index is 5.46. The zero-order valence-corrected chi connectivity index (χ0v) is 27.0. The SMILES string of the molecule is c1ccc(-c2cc(-c3ccccc3)nc(-c3nc(-n4c5ccccc5c5ccc6ccn(-c7ccccc7)c6c54)nc4ccccc34)c2)cc1. The minimum Gasteiger partial charge on any atom is -0.315 e. The van der Waals surface area contributed by atoms with Crippen LogP contribution in [0, 0.1) is 0 Å². The van der Waals surface area contributed by atoms with Crippen LogP contribution in [0.25, 0.3) is 89.0 Å². The van der Waals surface area contributed by atoms with Crippen LogP contribution in [-0.2, 0) is 0 Å². The summed E-state index contributed by atoms with van der Waals surface area (Å²) in [6, 6.07) is 59.1. The average Bonchev–Trinajstić information content (AvgIpc) is 3.78. The van der Waals surface area contributed by atoms with Crippen molar-refractivity contribution in [2.45, 2.75) is 0 Å². The fraction of sp³-hybridized carbons (Fsp3) is 0. The van der Waals surface area contributed by atoms with Crippen LogP contribution in [0.2, 0.25) is 0 Å². The number of pyridine rings is 1. The van der Waals surface area contributed by atoms with Gasteiger partial charge in [-0.05, 0) is 53.6 Å². The smallest absolute Gasteiger partial charge is 0.235 e. The van der Waals surface area contributed by atoms with Gasteiger partial charge in [0, 0.05) is 39.0 Å². The van der Waals surface area contributed by atoms with Crippen LogP contribution >= 0.6 is 0 Å². The van der Waals surface area contributed by atoms with Gasteiger partial charge in [-0.25, -0.2) is 15.0 Å². The lowest BCUT2D eigenvalue weighted by atomic mass is 10.0. The molecule has 0 atom stereocenters. The van der Waals surface area contributed by atoms with Crippen LogP contribution in [0.3, 0.4) is 0 Å². The molecule has 0 bridgehead atoms. The Balaban J connectivity index is 1.30. The number of para-hydroxylation sites is 3. The van der Waals surface area contributed by atoms with E-state index in [2.05, 4.69) is 161 Å². The monoisotopic (exact) mass is 639 g/mol. The van der Waals surface area contributed by atoms with Gasteiger partial charge in [0.1, 0.15) is 5.69 Å². The molecule has 0 fully saturated rings. The van der Waals surface area contributed by atoms with Crippen molar-refractivity contribution in [2.24, 2.45) is 0 Å². The van der Waals surface area contributed by atoms with E-state index in [9.17, 15) is 0 Å². The van der Waals surface area contributed by atoms with Crippen LogP contribution in [0.5, 0.6) is 0 Å². The summed E-state index contributed by atoms with van der Waals surface area (Å²) in [4.78, 5) is 16.0. The van der Waals surface area contributed by atoms with Crippen LogP contribution in [0.15, 0.2) is 176 Å². The summed E-state index contributed by atoms with van der Waals surface area (Å²) in [5.41, 5.74) is 10.9. The normalized spacial score (nSPS) is 11.6. The topological polar surface area (TPSA) is 48.5 Å². The molecule has 5 nitrogen and oxygen atoms in total. The third-order valence-electron chi connectivity index (χ3n) is 9.56. The van der Waals surface area contributed by atoms with Crippen molar-refractivity contribution < 1.29 is 0 Å². The summed E-state index contributed by atoms with van der Waals surface area (Å²) >= 11 is 0. The Morgan fingerprint density at radius 3 is 1.88 bits per heavy atom. The second kappa shape index (κ2) is 11.4. The molecule has 0 saturated carbocycles. The van der Waals surface area contributed by atoms with E-state index in [0.717, 1.165) is 83.1 Å². The van der Waals surface area contributed by atoms with E-state index in [1.165, 1.54) is 0 Å². The highest BCUT2D eigenvalue weighted by Gasteiger charge is 2.21. The molecule has 0 aliphatic rings. The fourth-order valence-corrected chi connectivity index (χ4v) is 7.25. The number of hydrogen-bond donors (Lipinski definition) is 0. The van der Waals surface area contributed by atoms with Crippen molar-refractivity contribution in [3.8, 4) is 45.4 Å². The highest BCUT2D eigenvalue weighted by atomic mass is 15.2. The lowest BCUT2D eigenvalue weighted by molar-refractivity contribution is 1.01. The van der Waals surface area contributed by atoms with Crippen molar-refractivity contribution in [3.63, 3.8) is 0 Å². The molecule has 4 aromatic heterocycles. The molecule has 50 heavy (non-hydrogen) atoms. The summed E-state index contributed by atoms with van der Waals surface area (Å²) in [7, 11) is 0. The summed E-state index contributed by atoms with van der Waals surface area (Å²) in [6.45, 7) is 0. The molecule has 0 radical (unpaired) electrons. The van der Waals surface area contributed by atoms with Crippen LogP contribution in [0.1, 0.15) is 0 Å². The van der Waals surface area contributed by atoms with E-state index in [1.807, 2.05) is 24.3 Å². The van der Waals surface area contributed by atoms with Crippen molar-refractivity contribution in [1.29, 1.82) is 0 Å². The fourth-order valence-electron chi connectivity index (χ4n) is 7.25. The second-order valence-corrected chi connectivity index (χ2v) is 12.5. The molecule has 0 saturated heterocycles. The summed E-state index contributed by atoms with van der Waals surface area (Å²) in [5.74, 6) is 0.603. The zero-order valence-electron chi connectivity index (χ0n) is 27.0. The third kappa shape index (κ3) is 4.52.